The minimum Gasteiger partial charge on any atom is -0.497 e. The van der Waals surface area contributed by atoms with E-state index in [1.165, 1.54) is 27.7 Å². The number of hydrogen-bond donors (Lipinski definition) is 0. The van der Waals surface area contributed by atoms with E-state index in [4.69, 9.17) is 9.47 Å². The Labute approximate surface area is 193 Å². The highest BCUT2D eigenvalue weighted by Gasteiger charge is 2.30. The molecule has 0 radical (unpaired) electrons. The zero-order chi connectivity index (χ0) is 22.4. The predicted octanol–water partition coefficient (Wildman–Crippen LogP) is 6.83. The Bertz CT molecular complexity index is 1480. The highest BCUT2D eigenvalue weighted by atomic mass is 16.5. The van der Waals surface area contributed by atoms with Crippen LogP contribution in [-0.2, 0) is 0 Å². The van der Waals surface area contributed by atoms with Crippen molar-refractivity contribution in [2.75, 3.05) is 13.7 Å². The Morgan fingerprint density at radius 2 is 1.61 bits per heavy atom. The summed E-state index contributed by atoms with van der Waals surface area (Å²) in [6.45, 7) is 3.11. The van der Waals surface area contributed by atoms with E-state index < -0.39 is 0 Å². The summed E-state index contributed by atoms with van der Waals surface area (Å²) in [5, 5.41) is 2.60. The van der Waals surface area contributed by atoms with Gasteiger partial charge in [-0.3, -0.25) is 0 Å². The van der Waals surface area contributed by atoms with Crippen LogP contribution in [0.25, 0.3) is 22.1 Å². The van der Waals surface area contributed by atoms with Gasteiger partial charge in [-0.1, -0.05) is 42.5 Å². The van der Waals surface area contributed by atoms with Crippen LogP contribution in [0.5, 0.6) is 11.5 Å². The van der Waals surface area contributed by atoms with Crippen LogP contribution in [0.1, 0.15) is 23.6 Å². The number of para-hydroxylation sites is 1. The first-order valence-corrected chi connectivity index (χ1v) is 11.3. The number of allylic oxidation sites excluding steroid dienone is 3. The van der Waals surface area contributed by atoms with Crippen molar-refractivity contribution in [1.82, 2.24) is 0 Å². The second-order valence-electron chi connectivity index (χ2n) is 8.25. The van der Waals surface area contributed by atoms with E-state index in [0.717, 1.165) is 40.5 Å². The van der Waals surface area contributed by atoms with Gasteiger partial charge in [0, 0.05) is 23.3 Å². The fraction of sp³-hybridized carbons (Fsp3) is 0.100. The number of methoxy groups -OCH3 is 1. The summed E-state index contributed by atoms with van der Waals surface area (Å²) in [6.07, 6.45) is 4.46. The van der Waals surface area contributed by atoms with Gasteiger partial charge in [0.2, 0.25) is 11.4 Å². The summed E-state index contributed by atoms with van der Waals surface area (Å²) < 4.78 is 14.0. The van der Waals surface area contributed by atoms with Gasteiger partial charge in [-0.05, 0) is 60.4 Å². The van der Waals surface area contributed by atoms with Crippen molar-refractivity contribution in [3.63, 3.8) is 0 Å². The van der Waals surface area contributed by atoms with Gasteiger partial charge in [0.25, 0.3) is 0 Å². The molecule has 0 aromatic heterocycles. The molecule has 0 bridgehead atoms. The van der Waals surface area contributed by atoms with Gasteiger partial charge in [-0.25, -0.2) is 0 Å². The van der Waals surface area contributed by atoms with Crippen LogP contribution in [0.4, 0.5) is 5.69 Å². The van der Waals surface area contributed by atoms with Crippen LogP contribution in [0.3, 0.4) is 0 Å². The first-order valence-electron chi connectivity index (χ1n) is 11.3. The highest BCUT2D eigenvalue weighted by Crippen LogP contribution is 2.40. The van der Waals surface area contributed by atoms with Crippen LogP contribution in [0.2, 0.25) is 0 Å². The molecule has 6 rings (SSSR count). The molecule has 3 nitrogen and oxygen atoms in total. The maximum atomic E-state index is 6.32. The van der Waals surface area contributed by atoms with E-state index in [0.29, 0.717) is 0 Å². The fourth-order valence-corrected chi connectivity index (χ4v) is 4.86. The maximum absolute atomic E-state index is 6.32. The van der Waals surface area contributed by atoms with Gasteiger partial charge < -0.3 is 9.47 Å². The van der Waals surface area contributed by atoms with Gasteiger partial charge in [0.1, 0.15) is 23.8 Å². The van der Waals surface area contributed by atoms with Gasteiger partial charge >= 0.3 is 0 Å². The van der Waals surface area contributed by atoms with Gasteiger partial charge in [0.15, 0.2) is 0 Å². The van der Waals surface area contributed by atoms with Crippen molar-refractivity contribution in [3.05, 3.63) is 114 Å². The van der Waals surface area contributed by atoms with Crippen molar-refractivity contribution >= 4 is 33.5 Å². The van der Waals surface area contributed by atoms with Crippen molar-refractivity contribution in [1.29, 1.82) is 0 Å². The van der Waals surface area contributed by atoms with Crippen LogP contribution in [0.15, 0.2) is 97.1 Å². The summed E-state index contributed by atoms with van der Waals surface area (Å²) in [5.41, 5.74) is 7.03. The largest absolute Gasteiger partial charge is 0.497 e. The van der Waals surface area contributed by atoms with Gasteiger partial charge in [-0.15, -0.1) is 0 Å². The minimum absolute atomic E-state index is 0.831. The second kappa shape index (κ2) is 7.79. The summed E-state index contributed by atoms with van der Waals surface area (Å²) in [7, 11) is 1.68. The third kappa shape index (κ3) is 3.16. The molecule has 2 heterocycles. The molecule has 160 valence electrons. The average Bonchev–Trinajstić information content (AvgIpc) is 3.18. The minimum atomic E-state index is 0.831. The lowest BCUT2D eigenvalue weighted by Gasteiger charge is -2.20. The lowest BCUT2D eigenvalue weighted by Crippen LogP contribution is -2.12. The summed E-state index contributed by atoms with van der Waals surface area (Å²) >= 11 is 0. The van der Waals surface area contributed by atoms with Crippen molar-refractivity contribution in [2.24, 2.45) is 0 Å². The standard InChI is InChI=1S/C30H24NO2/c1-3-31-26-12-7-9-21-8-6-11-25(30(21)26)27(31)18-22-19-29(20-14-16-23(32-2)17-15-20)33-28-13-5-4-10-24(22)28/h4-19H,3H2,1-2H3/q+1/b22-18+. The molecular weight excluding hydrogens is 406 g/mol. The Hall–Kier alpha value is -4.11. The number of benzene rings is 4. The Kier molecular flexibility index (Phi) is 4.62. The summed E-state index contributed by atoms with van der Waals surface area (Å²) in [4.78, 5) is 0. The molecule has 0 fully saturated rings. The van der Waals surface area contributed by atoms with E-state index in [2.05, 4.69) is 72.2 Å². The Balaban J connectivity index is 1.54. The molecule has 4 aromatic carbocycles. The van der Waals surface area contributed by atoms with Gasteiger partial charge in [0.05, 0.1) is 18.1 Å². The van der Waals surface area contributed by atoms with E-state index in [9.17, 15) is 0 Å². The van der Waals surface area contributed by atoms with Crippen LogP contribution >= 0.6 is 0 Å². The normalized spacial score (nSPS) is 15.5. The average molecular weight is 431 g/mol. The molecule has 0 unspecified atom stereocenters. The molecular formula is C30H24NO2+. The molecule has 0 aliphatic carbocycles. The smallest absolute Gasteiger partial charge is 0.214 e. The zero-order valence-electron chi connectivity index (χ0n) is 18.7. The fourth-order valence-electron chi connectivity index (χ4n) is 4.86. The first kappa shape index (κ1) is 19.6. The topological polar surface area (TPSA) is 21.5 Å². The van der Waals surface area contributed by atoms with Crippen LogP contribution in [-0.4, -0.2) is 23.9 Å². The molecule has 0 atom stereocenters. The Morgan fingerprint density at radius 1 is 0.848 bits per heavy atom. The van der Waals surface area contributed by atoms with Crippen molar-refractivity contribution in [3.8, 4) is 11.5 Å². The van der Waals surface area contributed by atoms with Crippen molar-refractivity contribution < 1.29 is 14.0 Å². The molecule has 0 saturated heterocycles. The quantitative estimate of drug-likeness (QED) is 0.331. The third-order valence-corrected chi connectivity index (χ3v) is 6.43. The SMILES string of the molecule is CC[N+]1=C(/C=C2\C=C(c3ccc(OC)cc3)Oc3ccccc32)c2cccc3cccc1c23. The summed E-state index contributed by atoms with van der Waals surface area (Å²) in [6, 6.07) is 29.4. The molecule has 0 amide bonds. The highest BCUT2D eigenvalue weighted by molar-refractivity contribution is 6.22. The van der Waals surface area contributed by atoms with E-state index >= 15 is 0 Å². The number of fused-ring (bicyclic) bond motifs is 1. The first-order chi connectivity index (χ1) is 16.3. The molecule has 33 heavy (non-hydrogen) atoms. The third-order valence-electron chi connectivity index (χ3n) is 6.43. The lowest BCUT2D eigenvalue weighted by atomic mass is 9.96. The molecule has 2 aliphatic rings. The Morgan fingerprint density at radius 3 is 2.39 bits per heavy atom. The molecule has 4 aromatic rings. The van der Waals surface area contributed by atoms with E-state index in [-0.39, 0.29) is 0 Å². The monoisotopic (exact) mass is 430 g/mol. The van der Waals surface area contributed by atoms with Crippen molar-refractivity contribution in [2.45, 2.75) is 6.92 Å². The molecule has 0 spiro atoms. The molecule has 2 aliphatic heterocycles. The zero-order valence-corrected chi connectivity index (χ0v) is 18.7. The molecule has 3 heteroatoms. The van der Waals surface area contributed by atoms with Gasteiger partial charge in [-0.2, -0.15) is 4.58 Å². The second-order valence-corrected chi connectivity index (χ2v) is 8.25. The number of ether oxygens (including phenoxy) is 2. The van der Waals surface area contributed by atoms with E-state index in [1.807, 2.05) is 36.4 Å². The predicted molar refractivity (Wildman–Crippen MR) is 135 cm³/mol. The van der Waals surface area contributed by atoms with Crippen LogP contribution < -0.4 is 9.47 Å². The molecule has 0 saturated carbocycles. The van der Waals surface area contributed by atoms with Crippen LogP contribution in [0, 0.1) is 0 Å². The number of nitrogens with zero attached hydrogens (tertiary/aromatic N) is 1. The van der Waals surface area contributed by atoms with E-state index in [1.54, 1.807) is 7.11 Å². The number of rotatable bonds is 4. The summed E-state index contributed by atoms with van der Waals surface area (Å²) in [5.74, 6) is 2.53. The lowest BCUT2D eigenvalue weighted by molar-refractivity contribution is -0.430. The maximum Gasteiger partial charge on any atom is 0.214 e. The number of hydrogen-bond acceptors (Lipinski definition) is 2. The molecule has 0 N–H and O–H groups in total.